The minimum absolute atomic E-state index is 0.306. The summed E-state index contributed by atoms with van der Waals surface area (Å²) in [6.07, 6.45) is 0.968. The molecule has 2 aromatic carbocycles. The first-order valence-corrected chi connectivity index (χ1v) is 7.58. The molecular formula is C17H19ClN2O2. The van der Waals surface area contributed by atoms with Crippen molar-refractivity contribution in [2.45, 2.75) is 13.3 Å². The van der Waals surface area contributed by atoms with Gasteiger partial charge in [-0.3, -0.25) is 0 Å². The SMILES string of the molecule is CCc1cccc(OCCNC(=O)Nc2ccccc2Cl)c1. The maximum Gasteiger partial charge on any atom is 0.319 e. The van der Waals surface area contributed by atoms with Crippen LogP contribution < -0.4 is 15.4 Å². The molecule has 0 heterocycles. The van der Waals surface area contributed by atoms with Gasteiger partial charge in [-0.1, -0.05) is 42.8 Å². The van der Waals surface area contributed by atoms with E-state index in [-0.39, 0.29) is 6.03 Å². The molecule has 2 N–H and O–H groups in total. The van der Waals surface area contributed by atoms with E-state index in [2.05, 4.69) is 23.6 Å². The Morgan fingerprint density at radius 1 is 1.18 bits per heavy atom. The van der Waals surface area contributed by atoms with Crippen molar-refractivity contribution in [3.05, 3.63) is 59.1 Å². The number of anilines is 1. The lowest BCUT2D eigenvalue weighted by Gasteiger charge is -2.10. The smallest absolute Gasteiger partial charge is 0.319 e. The van der Waals surface area contributed by atoms with E-state index in [1.54, 1.807) is 12.1 Å². The average Bonchev–Trinajstić information content (AvgIpc) is 2.54. The van der Waals surface area contributed by atoms with Crippen molar-refractivity contribution in [2.24, 2.45) is 0 Å². The van der Waals surface area contributed by atoms with Crippen molar-refractivity contribution in [1.29, 1.82) is 0 Å². The molecule has 2 aromatic rings. The molecule has 2 rings (SSSR count). The van der Waals surface area contributed by atoms with E-state index in [9.17, 15) is 4.79 Å². The number of rotatable bonds is 6. The third-order valence-corrected chi connectivity index (χ3v) is 3.41. The first-order chi connectivity index (χ1) is 10.7. The van der Waals surface area contributed by atoms with Crippen LogP contribution in [-0.4, -0.2) is 19.2 Å². The number of halogens is 1. The summed E-state index contributed by atoms with van der Waals surface area (Å²) in [5, 5.41) is 5.92. The largest absolute Gasteiger partial charge is 0.492 e. The zero-order valence-corrected chi connectivity index (χ0v) is 13.2. The molecule has 0 saturated heterocycles. The lowest BCUT2D eigenvalue weighted by molar-refractivity contribution is 0.247. The van der Waals surface area contributed by atoms with Crippen LogP contribution in [0.15, 0.2) is 48.5 Å². The van der Waals surface area contributed by atoms with Crippen molar-refractivity contribution < 1.29 is 9.53 Å². The number of urea groups is 1. The Morgan fingerprint density at radius 2 is 2.00 bits per heavy atom. The molecule has 4 nitrogen and oxygen atoms in total. The van der Waals surface area contributed by atoms with Crippen LogP contribution in [0, 0.1) is 0 Å². The number of hydrogen-bond donors (Lipinski definition) is 2. The highest BCUT2D eigenvalue weighted by Gasteiger charge is 2.04. The molecule has 5 heteroatoms. The number of para-hydroxylation sites is 1. The van der Waals surface area contributed by atoms with Crippen LogP contribution in [0.4, 0.5) is 10.5 Å². The molecule has 0 aliphatic carbocycles. The zero-order valence-electron chi connectivity index (χ0n) is 12.4. The van der Waals surface area contributed by atoms with Gasteiger partial charge in [0.15, 0.2) is 0 Å². The normalized spacial score (nSPS) is 10.1. The molecule has 0 aliphatic heterocycles. The fourth-order valence-electron chi connectivity index (χ4n) is 1.92. The number of hydrogen-bond acceptors (Lipinski definition) is 2. The van der Waals surface area contributed by atoms with Crippen LogP contribution in [0.2, 0.25) is 5.02 Å². The molecule has 0 saturated carbocycles. The van der Waals surface area contributed by atoms with Gasteiger partial charge in [-0.05, 0) is 36.2 Å². The first-order valence-electron chi connectivity index (χ1n) is 7.20. The summed E-state index contributed by atoms with van der Waals surface area (Å²) in [7, 11) is 0. The zero-order chi connectivity index (χ0) is 15.8. The molecule has 2 amide bonds. The predicted molar refractivity (Wildman–Crippen MR) is 89.8 cm³/mol. The average molecular weight is 319 g/mol. The molecular weight excluding hydrogens is 300 g/mol. The van der Waals surface area contributed by atoms with E-state index in [0.717, 1.165) is 12.2 Å². The highest BCUT2D eigenvalue weighted by molar-refractivity contribution is 6.33. The molecule has 0 aliphatic rings. The molecule has 0 atom stereocenters. The Kier molecular flexibility index (Phi) is 6.10. The van der Waals surface area contributed by atoms with E-state index < -0.39 is 0 Å². The second-order valence-corrected chi connectivity index (χ2v) is 5.12. The number of aryl methyl sites for hydroxylation is 1. The van der Waals surface area contributed by atoms with Crippen LogP contribution in [0.1, 0.15) is 12.5 Å². The van der Waals surface area contributed by atoms with E-state index in [1.165, 1.54) is 5.56 Å². The first kappa shape index (κ1) is 16.2. The number of carbonyl (C=O) groups excluding carboxylic acids is 1. The third-order valence-electron chi connectivity index (χ3n) is 3.09. The fourth-order valence-corrected chi connectivity index (χ4v) is 2.10. The molecule has 0 bridgehead atoms. The van der Waals surface area contributed by atoms with Gasteiger partial charge in [0.2, 0.25) is 0 Å². The summed E-state index contributed by atoms with van der Waals surface area (Å²) in [5.74, 6) is 0.813. The summed E-state index contributed by atoms with van der Waals surface area (Å²) < 4.78 is 5.60. The van der Waals surface area contributed by atoms with Crippen molar-refractivity contribution in [3.8, 4) is 5.75 Å². The van der Waals surface area contributed by atoms with E-state index in [1.807, 2.05) is 30.3 Å². The second kappa shape index (κ2) is 8.29. The molecule has 116 valence electrons. The molecule has 22 heavy (non-hydrogen) atoms. The number of ether oxygens (including phenoxy) is 1. The van der Waals surface area contributed by atoms with Gasteiger partial charge >= 0.3 is 6.03 Å². The summed E-state index contributed by atoms with van der Waals surface area (Å²) in [6.45, 7) is 2.91. The summed E-state index contributed by atoms with van der Waals surface area (Å²) in [4.78, 5) is 11.7. The van der Waals surface area contributed by atoms with Crippen LogP contribution in [0.25, 0.3) is 0 Å². The van der Waals surface area contributed by atoms with E-state index in [0.29, 0.717) is 23.9 Å². The van der Waals surface area contributed by atoms with Gasteiger partial charge in [0.1, 0.15) is 12.4 Å². The summed E-state index contributed by atoms with van der Waals surface area (Å²) in [6, 6.07) is 14.7. The predicted octanol–water partition coefficient (Wildman–Crippen LogP) is 4.10. The quantitative estimate of drug-likeness (QED) is 0.788. The van der Waals surface area contributed by atoms with Crippen LogP contribution in [0.5, 0.6) is 5.75 Å². The van der Waals surface area contributed by atoms with Gasteiger partial charge in [-0.2, -0.15) is 0 Å². The maximum atomic E-state index is 11.7. The Bertz CT molecular complexity index is 632. The third kappa shape index (κ3) is 4.97. The minimum atomic E-state index is -0.306. The highest BCUT2D eigenvalue weighted by atomic mass is 35.5. The van der Waals surface area contributed by atoms with Gasteiger partial charge in [-0.25, -0.2) is 4.79 Å². The second-order valence-electron chi connectivity index (χ2n) is 4.71. The van der Waals surface area contributed by atoms with Gasteiger partial charge in [0.05, 0.1) is 17.3 Å². The van der Waals surface area contributed by atoms with E-state index in [4.69, 9.17) is 16.3 Å². The molecule has 0 spiro atoms. The number of benzene rings is 2. The van der Waals surface area contributed by atoms with Gasteiger partial charge in [0, 0.05) is 0 Å². The van der Waals surface area contributed by atoms with E-state index >= 15 is 0 Å². The molecule has 0 fully saturated rings. The van der Waals surface area contributed by atoms with Crippen molar-refractivity contribution >= 4 is 23.3 Å². The number of nitrogens with one attached hydrogen (secondary N) is 2. The van der Waals surface area contributed by atoms with Crippen molar-refractivity contribution in [2.75, 3.05) is 18.5 Å². The summed E-state index contributed by atoms with van der Waals surface area (Å²) >= 11 is 5.97. The standard InChI is InChI=1S/C17H19ClN2O2/c1-2-13-6-5-7-14(12-13)22-11-10-19-17(21)20-16-9-4-3-8-15(16)18/h3-9,12H,2,10-11H2,1H3,(H2,19,20,21). The van der Waals surface area contributed by atoms with Crippen molar-refractivity contribution in [1.82, 2.24) is 5.32 Å². The van der Waals surface area contributed by atoms with Crippen molar-refractivity contribution in [3.63, 3.8) is 0 Å². The van der Waals surface area contributed by atoms with Crippen LogP contribution in [0.3, 0.4) is 0 Å². The van der Waals surface area contributed by atoms with Crippen LogP contribution in [-0.2, 0) is 6.42 Å². The number of carbonyl (C=O) groups is 1. The lowest BCUT2D eigenvalue weighted by Crippen LogP contribution is -2.32. The van der Waals surface area contributed by atoms with Gasteiger partial charge in [0.25, 0.3) is 0 Å². The Morgan fingerprint density at radius 3 is 2.77 bits per heavy atom. The maximum absolute atomic E-state index is 11.7. The highest BCUT2D eigenvalue weighted by Crippen LogP contribution is 2.20. The van der Waals surface area contributed by atoms with Gasteiger partial charge in [-0.15, -0.1) is 0 Å². The fraction of sp³-hybridized carbons (Fsp3) is 0.235. The number of amides is 2. The molecule has 0 radical (unpaired) electrons. The monoisotopic (exact) mass is 318 g/mol. The molecule has 0 unspecified atom stereocenters. The topological polar surface area (TPSA) is 50.4 Å². The molecule has 0 aromatic heterocycles. The Labute approximate surface area is 135 Å². The Hall–Kier alpha value is -2.20. The summed E-state index contributed by atoms with van der Waals surface area (Å²) in [5.41, 5.74) is 1.81. The lowest BCUT2D eigenvalue weighted by atomic mass is 10.2. The van der Waals surface area contributed by atoms with Gasteiger partial charge < -0.3 is 15.4 Å². The Balaban J connectivity index is 1.72. The van der Waals surface area contributed by atoms with Crippen LogP contribution >= 0.6 is 11.6 Å². The minimum Gasteiger partial charge on any atom is -0.492 e.